The fraction of sp³-hybridized carbons (Fsp3) is 0.391. The number of halogens is 1. The summed E-state index contributed by atoms with van der Waals surface area (Å²) in [4.78, 5) is 26.3. The second-order valence-electron chi connectivity index (χ2n) is 8.83. The largest absolute Gasteiger partial charge is 0.325 e. The number of hydrogen-bond acceptors (Lipinski definition) is 2. The van der Waals surface area contributed by atoms with Crippen LogP contribution in [0, 0.1) is 22.2 Å². The van der Waals surface area contributed by atoms with Crippen molar-refractivity contribution >= 4 is 29.0 Å². The molecule has 5 saturated carbocycles. The van der Waals surface area contributed by atoms with Crippen molar-refractivity contribution in [3.05, 3.63) is 64.7 Å². The zero-order valence-electron chi connectivity index (χ0n) is 15.5. The van der Waals surface area contributed by atoms with E-state index in [1.807, 2.05) is 18.2 Å². The van der Waals surface area contributed by atoms with Gasteiger partial charge in [-0.1, -0.05) is 55.8 Å². The lowest BCUT2D eigenvalue weighted by atomic mass is 9.21. The van der Waals surface area contributed by atoms with Crippen molar-refractivity contribution in [2.75, 3.05) is 5.32 Å². The molecule has 5 fully saturated rings. The first-order valence-corrected chi connectivity index (χ1v) is 9.92. The lowest BCUT2D eigenvalue weighted by molar-refractivity contribution is -0.326. The molecule has 1 N–H and O–H groups in total. The van der Waals surface area contributed by atoms with Gasteiger partial charge in [0.1, 0.15) is 0 Å². The zero-order chi connectivity index (χ0) is 19.0. The van der Waals surface area contributed by atoms with Crippen molar-refractivity contribution in [3.8, 4) is 0 Å². The molecule has 1 amide bonds. The maximum atomic E-state index is 13.3. The predicted octanol–water partition coefficient (Wildman–Crippen LogP) is 5.34. The second kappa shape index (κ2) is 5.23. The number of benzene rings is 2. The van der Waals surface area contributed by atoms with E-state index in [9.17, 15) is 9.59 Å². The lowest BCUT2D eigenvalue weighted by Gasteiger charge is -2.81. The minimum Gasteiger partial charge on any atom is -0.325 e. The molecule has 4 heteroatoms. The van der Waals surface area contributed by atoms with Gasteiger partial charge in [0.2, 0.25) is 5.91 Å². The summed E-state index contributed by atoms with van der Waals surface area (Å²) in [6.07, 6.45) is 3.22. The lowest BCUT2D eigenvalue weighted by Crippen LogP contribution is -2.81. The molecule has 0 saturated heterocycles. The number of carbonyl (C=O) groups is 2. The molecular weight excluding hydrogens is 358 g/mol. The van der Waals surface area contributed by atoms with E-state index in [0.29, 0.717) is 33.2 Å². The van der Waals surface area contributed by atoms with Gasteiger partial charge >= 0.3 is 0 Å². The van der Waals surface area contributed by atoms with Gasteiger partial charge in [-0.15, -0.1) is 0 Å². The van der Waals surface area contributed by atoms with E-state index in [2.05, 4.69) is 19.2 Å². The summed E-state index contributed by atoms with van der Waals surface area (Å²) in [6, 6.07) is 14.2. The van der Waals surface area contributed by atoms with Crippen molar-refractivity contribution in [2.24, 2.45) is 22.2 Å². The summed E-state index contributed by atoms with van der Waals surface area (Å²) in [6.45, 7) is 4.59. The van der Waals surface area contributed by atoms with Crippen LogP contribution in [0.15, 0.2) is 48.5 Å². The highest BCUT2D eigenvalue weighted by molar-refractivity contribution is 6.31. The Morgan fingerprint density at radius 3 is 2.48 bits per heavy atom. The van der Waals surface area contributed by atoms with Crippen LogP contribution in [0.2, 0.25) is 5.02 Å². The highest BCUT2D eigenvalue weighted by atomic mass is 35.5. The maximum absolute atomic E-state index is 13.3. The Hall–Kier alpha value is -2.13. The predicted molar refractivity (Wildman–Crippen MR) is 106 cm³/mol. The summed E-state index contributed by atoms with van der Waals surface area (Å²) < 4.78 is 0. The van der Waals surface area contributed by atoms with Crippen LogP contribution in [0.3, 0.4) is 0 Å². The third kappa shape index (κ3) is 1.84. The number of anilines is 1. The fourth-order valence-corrected chi connectivity index (χ4v) is 6.68. The van der Waals surface area contributed by atoms with Gasteiger partial charge in [0.05, 0.1) is 11.1 Å². The Kier molecular flexibility index (Phi) is 3.29. The van der Waals surface area contributed by atoms with Gasteiger partial charge in [-0.25, -0.2) is 0 Å². The Morgan fingerprint density at radius 1 is 1.11 bits per heavy atom. The van der Waals surface area contributed by atoms with E-state index in [-0.39, 0.29) is 22.5 Å². The molecule has 0 aromatic heterocycles. The molecule has 2 aromatic rings. The third-order valence-electron chi connectivity index (χ3n) is 8.10. The molecule has 5 aliphatic carbocycles. The Bertz CT molecular complexity index is 987. The zero-order valence-corrected chi connectivity index (χ0v) is 16.3. The van der Waals surface area contributed by atoms with Gasteiger partial charge in [-0.05, 0) is 54.2 Å². The molecule has 5 aliphatic rings. The van der Waals surface area contributed by atoms with Gasteiger partial charge in [0, 0.05) is 16.1 Å². The number of carbonyl (C=O) groups excluding carboxylic acids is 2. The van der Waals surface area contributed by atoms with Crippen LogP contribution in [-0.2, 0) is 4.79 Å². The van der Waals surface area contributed by atoms with E-state index in [0.717, 1.165) is 19.3 Å². The van der Waals surface area contributed by atoms with Crippen LogP contribution in [0.25, 0.3) is 0 Å². The quantitative estimate of drug-likeness (QED) is 0.729. The number of hydrogen-bond donors (Lipinski definition) is 1. The van der Waals surface area contributed by atoms with E-state index < -0.39 is 0 Å². The molecule has 138 valence electrons. The van der Waals surface area contributed by atoms with Crippen LogP contribution in [0.4, 0.5) is 5.69 Å². The topological polar surface area (TPSA) is 46.2 Å². The van der Waals surface area contributed by atoms with Gasteiger partial charge in [-0.2, -0.15) is 0 Å². The first-order chi connectivity index (χ1) is 12.8. The van der Waals surface area contributed by atoms with Crippen molar-refractivity contribution < 1.29 is 9.59 Å². The van der Waals surface area contributed by atoms with E-state index >= 15 is 0 Å². The highest BCUT2D eigenvalue weighted by Gasteiger charge is 2.91. The normalized spacial score (nSPS) is 35.1. The smallest absolute Gasteiger partial charge is 0.231 e. The maximum Gasteiger partial charge on any atom is 0.231 e. The first kappa shape index (κ1) is 17.0. The van der Waals surface area contributed by atoms with Gasteiger partial charge in [-0.3, -0.25) is 9.59 Å². The average molecular weight is 380 g/mol. The van der Waals surface area contributed by atoms with E-state index in [4.69, 9.17) is 11.6 Å². The minimum atomic E-state index is -0.256. The van der Waals surface area contributed by atoms with Crippen LogP contribution in [-0.4, -0.2) is 11.7 Å². The van der Waals surface area contributed by atoms with Crippen molar-refractivity contribution in [1.29, 1.82) is 0 Å². The van der Waals surface area contributed by atoms with Gasteiger partial charge in [0.15, 0.2) is 5.78 Å². The third-order valence-corrected chi connectivity index (χ3v) is 8.34. The van der Waals surface area contributed by atoms with Crippen LogP contribution in [0.1, 0.15) is 49.0 Å². The van der Waals surface area contributed by atoms with E-state index in [1.54, 1.807) is 30.3 Å². The Labute approximate surface area is 164 Å². The van der Waals surface area contributed by atoms with Crippen molar-refractivity contribution in [3.63, 3.8) is 0 Å². The second-order valence-corrected chi connectivity index (χ2v) is 9.26. The number of fused-ring (bicyclic) bond motifs is 1. The summed E-state index contributed by atoms with van der Waals surface area (Å²) in [5, 5.41) is 3.58. The molecule has 27 heavy (non-hydrogen) atoms. The summed E-state index contributed by atoms with van der Waals surface area (Å²) in [7, 11) is 0. The number of rotatable bonds is 4. The molecule has 0 aliphatic heterocycles. The molecule has 0 spiro atoms. The summed E-state index contributed by atoms with van der Waals surface area (Å²) in [5.41, 5.74) is 1.75. The SMILES string of the molecule is C[C@@]12CC[C@H]3[C@@]1(C(=O)Nc1ccc(Cl)cc1C(=O)c1ccccc1)C[C@]32C. The molecular formula is C23H22ClNO2. The monoisotopic (exact) mass is 379 g/mol. The number of amides is 1. The molecule has 0 unspecified atom stereocenters. The number of nitrogens with one attached hydrogen (secondary N) is 1. The Balaban J connectivity index is 1.47. The van der Waals surface area contributed by atoms with E-state index in [1.165, 1.54) is 0 Å². The van der Waals surface area contributed by atoms with Crippen LogP contribution in [0.5, 0.6) is 0 Å². The summed E-state index contributed by atoms with van der Waals surface area (Å²) in [5.74, 6) is 0.420. The van der Waals surface area contributed by atoms with Crippen molar-refractivity contribution in [2.45, 2.75) is 33.1 Å². The average Bonchev–Trinajstić information content (AvgIpc) is 3.06. The molecule has 4 atom stereocenters. The first-order valence-electron chi connectivity index (χ1n) is 9.54. The molecule has 7 rings (SSSR count). The molecule has 3 nitrogen and oxygen atoms in total. The standard InChI is InChI=1S/C23H22ClNO2/c1-21-13-23(18(21)10-11-22(21,23)2)20(27)25-17-9-8-15(24)12-16(17)19(26)14-6-4-3-5-7-14/h3-9,12,18H,10-11,13H2,1-2H3,(H,25,27)/t18-,21-,22+,23-/m1/s1. The molecule has 0 heterocycles. The van der Waals surface area contributed by atoms with Crippen LogP contribution >= 0.6 is 11.6 Å². The van der Waals surface area contributed by atoms with Gasteiger partial charge < -0.3 is 5.32 Å². The fourth-order valence-electron chi connectivity index (χ4n) is 6.51. The highest BCUT2D eigenvalue weighted by Crippen LogP contribution is 2.93. The molecule has 4 bridgehead atoms. The summed E-state index contributed by atoms with van der Waals surface area (Å²) >= 11 is 6.15. The minimum absolute atomic E-state index is 0.0701. The van der Waals surface area contributed by atoms with Gasteiger partial charge in [0.25, 0.3) is 0 Å². The number of ketones is 1. The Morgan fingerprint density at radius 2 is 1.85 bits per heavy atom. The van der Waals surface area contributed by atoms with Crippen LogP contribution < -0.4 is 5.32 Å². The molecule has 0 radical (unpaired) electrons. The molecule has 2 aromatic carbocycles. The van der Waals surface area contributed by atoms with Crippen molar-refractivity contribution in [1.82, 2.24) is 0 Å².